The molecule has 0 spiro atoms. The monoisotopic (exact) mass is 263 g/mol. The van der Waals surface area contributed by atoms with Crippen LogP contribution in [0.1, 0.15) is 27.7 Å². The molecule has 0 radical (unpaired) electrons. The number of nitrogens with one attached hydrogen (secondary N) is 1. The topological polar surface area (TPSA) is 61.7 Å². The maximum Gasteiger partial charge on any atom is 0.192 e. The molecule has 0 aliphatic rings. The molecule has 0 aromatic heterocycles. The van der Waals surface area contributed by atoms with Crippen molar-refractivity contribution in [2.24, 2.45) is 0 Å². The summed E-state index contributed by atoms with van der Waals surface area (Å²) in [7, 11) is -1.77. The Morgan fingerprint density at radius 2 is 1.82 bits per heavy atom. The second-order valence-electron chi connectivity index (χ2n) is 6.22. The van der Waals surface area contributed by atoms with Crippen molar-refractivity contribution in [2.45, 2.75) is 58.0 Å². The number of rotatable bonds is 7. The lowest BCUT2D eigenvalue weighted by Gasteiger charge is -2.36. The van der Waals surface area contributed by atoms with E-state index in [2.05, 4.69) is 39.2 Å². The van der Waals surface area contributed by atoms with Gasteiger partial charge in [-0.25, -0.2) is 0 Å². The minimum Gasteiger partial charge on any atom is -0.414 e. The third-order valence-corrected chi connectivity index (χ3v) is 7.92. The molecule has 2 atom stereocenters. The van der Waals surface area contributed by atoms with Crippen molar-refractivity contribution >= 4 is 8.32 Å². The van der Waals surface area contributed by atoms with Crippen molar-refractivity contribution in [2.75, 3.05) is 19.8 Å². The van der Waals surface area contributed by atoms with Gasteiger partial charge in [0.1, 0.15) is 0 Å². The van der Waals surface area contributed by atoms with E-state index in [0.717, 1.165) is 0 Å². The highest BCUT2D eigenvalue weighted by Crippen LogP contribution is 2.36. The van der Waals surface area contributed by atoms with Crippen molar-refractivity contribution in [1.82, 2.24) is 5.32 Å². The largest absolute Gasteiger partial charge is 0.414 e. The summed E-state index contributed by atoms with van der Waals surface area (Å²) < 4.78 is 5.91. The van der Waals surface area contributed by atoms with Crippen LogP contribution < -0.4 is 5.32 Å². The van der Waals surface area contributed by atoms with Gasteiger partial charge < -0.3 is 20.0 Å². The number of aliphatic hydroxyl groups excluding tert-OH is 2. The Bertz CT molecular complexity index is 216. The van der Waals surface area contributed by atoms with Crippen LogP contribution in [-0.4, -0.2) is 50.4 Å². The highest BCUT2D eigenvalue weighted by Gasteiger charge is 2.37. The molecule has 17 heavy (non-hydrogen) atoms. The molecule has 4 nitrogen and oxygen atoms in total. The lowest BCUT2D eigenvalue weighted by molar-refractivity contribution is 0.0940. The second kappa shape index (κ2) is 6.85. The zero-order valence-electron chi connectivity index (χ0n) is 12.1. The first-order valence-electron chi connectivity index (χ1n) is 6.26. The van der Waals surface area contributed by atoms with Gasteiger partial charge in [0.15, 0.2) is 8.32 Å². The molecule has 0 fully saturated rings. The van der Waals surface area contributed by atoms with Crippen LogP contribution in [0.15, 0.2) is 0 Å². The minimum atomic E-state index is -1.77. The standard InChI is InChI=1S/C12H29NO3Si/c1-10(8-14)13-7-11(15)9-16-17(5,6)12(2,3)4/h10-11,13-15H,7-9H2,1-6H3/t10-,11-/m1/s1. The number of aliphatic hydroxyl groups is 2. The summed E-state index contributed by atoms with van der Waals surface area (Å²) in [6.45, 7) is 13.6. The molecule has 5 heteroatoms. The molecule has 0 rings (SSSR count). The Labute approximate surface area is 107 Å². The fraction of sp³-hybridized carbons (Fsp3) is 1.00. The first-order chi connectivity index (χ1) is 7.60. The van der Waals surface area contributed by atoms with E-state index in [-0.39, 0.29) is 17.7 Å². The Kier molecular flexibility index (Phi) is 6.87. The van der Waals surface area contributed by atoms with Crippen LogP contribution in [0.25, 0.3) is 0 Å². The summed E-state index contributed by atoms with van der Waals surface area (Å²) in [4.78, 5) is 0. The van der Waals surface area contributed by atoms with E-state index in [1.807, 2.05) is 6.92 Å². The minimum absolute atomic E-state index is 0.0116. The molecule has 0 unspecified atom stereocenters. The average Bonchev–Trinajstić information content (AvgIpc) is 2.21. The molecule has 0 aromatic carbocycles. The van der Waals surface area contributed by atoms with Crippen LogP contribution in [0, 0.1) is 0 Å². The summed E-state index contributed by atoms with van der Waals surface area (Å²) in [5.41, 5.74) is 0. The van der Waals surface area contributed by atoms with Gasteiger partial charge in [-0.1, -0.05) is 20.8 Å². The third kappa shape index (κ3) is 6.52. The normalized spacial score (nSPS) is 16.9. The fourth-order valence-electron chi connectivity index (χ4n) is 0.982. The van der Waals surface area contributed by atoms with Crippen LogP contribution in [0.3, 0.4) is 0 Å². The summed E-state index contributed by atoms with van der Waals surface area (Å²) in [6, 6.07) is 0.0116. The predicted octanol–water partition coefficient (Wildman–Crippen LogP) is 1.34. The van der Waals surface area contributed by atoms with Crippen LogP contribution in [-0.2, 0) is 4.43 Å². The summed E-state index contributed by atoms with van der Waals surface area (Å²) in [5.74, 6) is 0. The van der Waals surface area contributed by atoms with Crippen molar-refractivity contribution in [1.29, 1.82) is 0 Å². The highest BCUT2D eigenvalue weighted by atomic mass is 28.4. The van der Waals surface area contributed by atoms with Gasteiger partial charge >= 0.3 is 0 Å². The molecule has 0 aliphatic carbocycles. The Morgan fingerprint density at radius 1 is 1.29 bits per heavy atom. The van der Waals surface area contributed by atoms with Crippen molar-refractivity contribution in [3.63, 3.8) is 0 Å². The summed E-state index contributed by atoms with van der Waals surface area (Å²) >= 11 is 0. The van der Waals surface area contributed by atoms with E-state index < -0.39 is 14.4 Å². The van der Waals surface area contributed by atoms with E-state index in [4.69, 9.17) is 9.53 Å². The van der Waals surface area contributed by atoms with E-state index >= 15 is 0 Å². The van der Waals surface area contributed by atoms with Gasteiger partial charge in [0.25, 0.3) is 0 Å². The van der Waals surface area contributed by atoms with Gasteiger partial charge in [0.2, 0.25) is 0 Å². The maximum absolute atomic E-state index is 9.78. The SMILES string of the molecule is C[C@H](CO)NC[C@@H](O)CO[Si](C)(C)C(C)(C)C. The highest BCUT2D eigenvalue weighted by molar-refractivity contribution is 6.74. The van der Waals surface area contributed by atoms with E-state index in [1.54, 1.807) is 0 Å². The first kappa shape index (κ1) is 17.1. The molecule has 0 saturated heterocycles. The second-order valence-corrected chi connectivity index (χ2v) is 11.0. The lowest BCUT2D eigenvalue weighted by Crippen LogP contribution is -2.45. The number of hydrogen-bond acceptors (Lipinski definition) is 4. The Morgan fingerprint density at radius 3 is 2.24 bits per heavy atom. The quantitative estimate of drug-likeness (QED) is 0.607. The zero-order chi connectivity index (χ0) is 13.7. The van der Waals surface area contributed by atoms with Gasteiger partial charge in [-0.05, 0) is 25.1 Å². The van der Waals surface area contributed by atoms with E-state index in [0.29, 0.717) is 13.2 Å². The molecular weight excluding hydrogens is 234 g/mol. The molecule has 3 N–H and O–H groups in total. The number of hydrogen-bond donors (Lipinski definition) is 3. The molecule has 0 bridgehead atoms. The molecule has 104 valence electrons. The van der Waals surface area contributed by atoms with Crippen molar-refractivity contribution < 1.29 is 14.6 Å². The van der Waals surface area contributed by atoms with Crippen LogP contribution >= 0.6 is 0 Å². The Hall–Kier alpha value is 0.0569. The van der Waals surface area contributed by atoms with Crippen molar-refractivity contribution in [3.8, 4) is 0 Å². The van der Waals surface area contributed by atoms with Crippen LogP contribution in [0.5, 0.6) is 0 Å². The van der Waals surface area contributed by atoms with Gasteiger partial charge in [-0.15, -0.1) is 0 Å². The van der Waals surface area contributed by atoms with Gasteiger partial charge in [-0.2, -0.15) is 0 Å². The van der Waals surface area contributed by atoms with Gasteiger partial charge in [-0.3, -0.25) is 0 Å². The van der Waals surface area contributed by atoms with Crippen LogP contribution in [0.2, 0.25) is 18.1 Å². The van der Waals surface area contributed by atoms with Gasteiger partial charge in [0.05, 0.1) is 19.3 Å². The van der Waals surface area contributed by atoms with E-state index in [9.17, 15) is 5.11 Å². The molecule has 0 amide bonds. The smallest absolute Gasteiger partial charge is 0.192 e. The fourth-order valence-corrected chi connectivity index (χ4v) is 2.02. The van der Waals surface area contributed by atoms with Gasteiger partial charge in [0, 0.05) is 12.6 Å². The third-order valence-electron chi connectivity index (χ3n) is 3.42. The van der Waals surface area contributed by atoms with Crippen LogP contribution in [0.4, 0.5) is 0 Å². The maximum atomic E-state index is 9.78. The summed E-state index contributed by atoms with van der Waals surface area (Å²) in [6.07, 6.45) is -0.516. The predicted molar refractivity (Wildman–Crippen MR) is 73.7 cm³/mol. The average molecular weight is 263 g/mol. The lowest BCUT2D eigenvalue weighted by atomic mass is 10.2. The molecule has 0 aromatic rings. The zero-order valence-corrected chi connectivity index (χ0v) is 13.1. The Balaban J connectivity index is 3.95. The molecule has 0 aliphatic heterocycles. The molecule has 0 saturated carbocycles. The summed E-state index contributed by atoms with van der Waals surface area (Å²) in [5, 5.41) is 21.8. The van der Waals surface area contributed by atoms with Crippen molar-refractivity contribution in [3.05, 3.63) is 0 Å². The van der Waals surface area contributed by atoms with E-state index in [1.165, 1.54) is 0 Å². The molecular formula is C12H29NO3Si. The first-order valence-corrected chi connectivity index (χ1v) is 9.17. The molecule has 0 heterocycles.